The summed E-state index contributed by atoms with van der Waals surface area (Å²) in [4.78, 5) is 29.9. The third-order valence-electron chi connectivity index (χ3n) is 6.88. The van der Waals surface area contributed by atoms with Crippen molar-refractivity contribution in [2.75, 3.05) is 18.5 Å². The number of anilines is 1. The Hall–Kier alpha value is -3.12. The number of hydrogen-bond acceptors (Lipinski definition) is 4. The Kier molecular flexibility index (Phi) is 4.40. The maximum atomic E-state index is 13.0. The molecule has 32 heavy (non-hydrogen) atoms. The molecule has 1 amide bonds. The van der Waals surface area contributed by atoms with Gasteiger partial charge in [-0.05, 0) is 41.7 Å². The van der Waals surface area contributed by atoms with Crippen LogP contribution in [0.5, 0.6) is 0 Å². The maximum Gasteiger partial charge on any atom is 0.280 e. The number of carbonyl (C=O) groups excluding carboxylic acids is 1. The highest BCUT2D eigenvalue weighted by Crippen LogP contribution is 2.41. The molecule has 7 heteroatoms. The molecule has 0 saturated heterocycles. The lowest BCUT2D eigenvalue weighted by atomic mass is 9.99. The molecule has 2 aliphatic heterocycles. The highest BCUT2D eigenvalue weighted by atomic mass is 35.5. The van der Waals surface area contributed by atoms with E-state index in [1.807, 2.05) is 24.3 Å². The van der Waals surface area contributed by atoms with Crippen molar-refractivity contribution in [1.82, 2.24) is 14.9 Å². The minimum atomic E-state index is -0.0677. The molecule has 1 N–H and O–H groups in total. The molecular formula is C25H24ClN5O. The van der Waals surface area contributed by atoms with E-state index in [1.54, 1.807) is 11.9 Å². The number of fused-ring (bicyclic) bond motifs is 3. The van der Waals surface area contributed by atoms with Gasteiger partial charge in [-0.1, -0.05) is 60.8 Å². The number of carbonyl (C=O) groups is 1. The molecule has 3 aromatic rings. The summed E-state index contributed by atoms with van der Waals surface area (Å²) in [7, 11) is 1.81. The fourth-order valence-electron chi connectivity index (χ4n) is 5.15. The largest absolute Gasteiger partial charge is 0.336 e. The Balaban J connectivity index is 1.26. The highest BCUT2D eigenvalue weighted by molar-refractivity contribution is 6.30. The van der Waals surface area contributed by atoms with Crippen LogP contribution >= 0.6 is 11.6 Å². The Morgan fingerprint density at radius 1 is 1.03 bits per heavy atom. The van der Waals surface area contributed by atoms with Gasteiger partial charge in [-0.15, -0.1) is 0 Å². The molecule has 1 spiro atoms. The first-order valence-corrected chi connectivity index (χ1v) is 11.5. The van der Waals surface area contributed by atoms with Gasteiger partial charge in [0.05, 0.1) is 12.1 Å². The van der Waals surface area contributed by atoms with Crippen molar-refractivity contribution < 1.29 is 4.79 Å². The summed E-state index contributed by atoms with van der Waals surface area (Å²) in [6.07, 6.45) is 5.21. The van der Waals surface area contributed by atoms with Crippen LogP contribution < -0.4 is 4.90 Å². The second kappa shape index (κ2) is 7.20. The highest BCUT2D eigenvalue weighted by Gasteiger charge is 2.48. The van der Waals surface area contributed by atoms with E-state index in [9.17, 15) is 4.79 Å². The number of benzene rings is 2. The molecule has 1 aliphatic carbocycles. The molecule has 1 fully saturated rings. The molecule has 1 aromatic heterocycles. The molecule has 3 aliphatic rings. The van der Waals surface area contributed by atoms with Gasteiger partial charge in [0.25, 0.3) is 5.91 Å². The van der Waals surface area contributed by atoms with Crippen LogP contribution in [0, 0.1) is 0 Å². The molecule has 2 aromatic carbocycles. The topological polar surface area (TPSA) is 64.6 Å². The first kappa shape index (κ1) is 19.6. The molecule has 0 unspecified atom stereocenters. The summed E-state index contributed by atoms with van der Waals surface area (Å²) >= 11 is 6.00. The number of aromatic nitrogens is 2. The molecule has 0 radical (unpaired) electrons. The van der Waals surface area contributed by atoms with Gasteiger partial charge < -0.3 is 4.98 Å². The van der Waals surface area contributed by atoms with E-state index in [-0.39, 0.29) is 11.4 Å². The Labute approximate surface area is 191 Å². The molecule has 1 saturated carbocycles. The van der Waals surface area contributed by atoms with Crippen molar-refractivity contribution in [2.24, 2.45) is 4.99 Å². The lowest BCUT2D eigenvalue weighted by Crippen LogP contribution is -2.48. The van der Waals surface area contributed by atoms with Gasteiger partial charge in [-0.25, -0.2) is 9.98 Å². The van der Waals surface area contributed by atoms with E-state index in [0.29, 0.717) is 12.1 Å². The zero-order chi connectivity index (χ0) is 21.9. The second-order valence-electron chi connectivity index (χ2n) is 9.06. The van der Waals surface area contributed by atoms with Gasteiger partial charge in [0.2, 0.25) is 5.96 Å². The van der Waals surface area contributed by atoms with Crippen LogP contribution in [0.25, 0.3) is 11.1 Å². The van der Waals surface area contributed by atoms with Gasteiger partial charge in [0.15, 0.2) is 5.82 Å². The van der Waals surface area contributed by atoms with Crippen molar-refractivity contribution in [3.63, 3.8) is 0 Å². The molecular weight excluding hydrogens is 422 g/mol. The number of H-pyrrole nitrogens is 1. The normalized spacial score (nSPS) is 18.8. The van der Waals surface area contributed by atoms with Gasteiger partial charge in [0, 0.05) is 18.5 Å². The number of amides is 1. The SMILES string of the molecule is CN1C(=O)c2[nH]c(Cc3ccc(-c4ccc(Cl)cc4)cc3)nc2N2CC3(CCCC3)N=C12. The van der Waals surface area contributed by atoms with Gasteiger partial charge in [-0.3, -0.25) is 14.6 Å². The monoisotopic (exact) mass is 445 g/mol. The van der Waals surface area contributed by atoms with E-state index in [4.69, 9.17) is 21.6 Å². The fourth-order valence-corrected chi connectivity index (χ4v) is 5.28. The van der Waals surface area contributed by atoms with Crippen molar-refractivity contribution in [1.29, 1.82) is 0 Å². The van der Waals surface area contributed by atoms with Crippen LogP contribution in [0.15, 0.2) is 53.5 Å². The molecule has 3 heterocycles. The molecule has 0 bridgehead atoms. The zero-order valence-corrected chi connectivity index (χ0v) is 18.7. The molecule has 6 rings (SSSR count). The molecule has 0 atom stereocenters. The number of aromatic amines is 1. The van der Waals surface area contributed by atoms with E-state index < -0.39 is 0 Å². The van der Waals surface area contributed by atoms with E-state index in [2.05, 4.69) is 34.1 Å². The number of rotatable bonds is 3. The van der Waals surface area contributed by atoms with Crippen LogP contribution in [-0.4, -0.2) is 45.9 Å². The fraction of sp³-hybridized carbons (Fsp3) is 0.320. The van der Waals surface area contributed by atoms with Crippen LogP contribution in [0.4, 0.5) is 5.82 Å². The molecule has 6 nitrogen and oxygen atoms in total. The van der Waals surface area contributed by atoms with Crippen molar-refractivity contribution in [3.05, 3.63) is 70.6 Å². The number of aliphatic imine (C=N–C) groups is 1. The second-order valence-corrected chi connectivity index (χ2v) is 9.49. The van der Waals surface area contributed by atoms with Crippen LogP contribution in [0.2, 0.25) is 5.02 Å². The van der Waals surface area contributed by atoms with E-state index in [1.165, 1.54) is 12.8 Å². The number of halogens is 1. The van der Waals surface area contributed by atoms with E-state index in [0.717, 1.165) is 58.7 Å². The third-order valence-corrected chi connectivity index (χ3v) is 7.13. The maximum absolute atomic E-state index is 13.0. The minimum absolute atomic E-state index is 0.0535. The van der Waals surface area contributed by atoms with Crippen molar-refractivity contribution in [3.8, 4) is 11.1 Å². The van der Waals surface area contributed by atoms with Crippen LogP contribution in [0.3, 0.4) is 0 Å². The number of hydrogen-bond donors (Lipinski definition) is 1. The summed E-state index contributed by atoms with van der Waals surface area (Å²) in [5, 5.41) is 0.734. The van der Waals surface area contributed by atoms with E-state index >= 15 is 0 Å². The van der Waals surface area contributed by atoms with Crippen LogP contribution in [-0.2, 0) is 6.42 Å². The van der Waals surface area contributed by atoms with Gasteiger partial charge in [-0.2, -0.15) is 0 Å². The Bertz CT molecular complexity index is 1220. The predicted molar refractivity (Wildman–Crippen MR) is 126 cm³/mol. The van der Waals surface area contributed by atoms with Crippen molar-refractivity contribution in [2.45, 2.75) is 37.6 Å². The smallest absolute Gasteiger partial charge is 0.280 e. The average molecular weight is 446 g/mol. The predicted octanol–water partition coefficient (Wildman–Crippen LogP) is 4.90. The quantitative estimate of drug-likeness (QED) is 0.623. The molecule has 162 valence electrons. The average Bonchev–Trinajstić information content (AvgIpc) is 3.53. The number of nitrogens with one attached hydrogen (secondary N) is 1. The first-order valence-electron chi connectivity index (χ1n) is 11.1. The lowest BCUT2D eigenvalue weighted by Gasteiger charge is -2.30. The summed E-state index contributed by atoms with van der Waals surface area (Å²) in [6, 6.07) is 16.3. The minimum Gasteiger partial charge on any atom is -0.336 e. The van der Waals surface area contributed by atoms with Crippen molar-refractivity contribution >= 4 is 29.3 Å². The summed E-state index contributed by atoms with van der Waals surface area (Å²) in [5.74, 6) is 2.20. The number of imidazole rings is 1. The number of guanidine groups is 1. The lowest BCUT2D eigenvalue weighted by molar-refractivity contribution is 0.0860. The summed E-state index contributed by atoms with van der Waals surface area (Å²) in [5.41, 5.74) is 3.92. The van der Waals surface area contributed by atoms with Gasteiger partial charge >= 0.3 is 0 Å². The standard InChI is InChI=1S/C25H24ClN5O/c1-30-23(32)21-22(31-15-25(29-24(30)31)12-2-3-13-25)28-20(27-21)14-16-4-6-17(7-5-16)18-8-10-19(26)11-9-18/h4-11H,2-3,12-15H2,1H3,(H,27,28). The summed E-state index contributed by atoms with van der Waals surface area (Å²) in [6.45, 7) is 0.813. The zero-order valence-electron chi connectivity index (χ0n) is 17.9. The van der Waals surface area contributed by atoms with Crippen LogP contribution in [0.1, 0.15) is 47.6 Å². The Morgan fingerprint density at radius 3 is 2.38 bits per heavy atom. The van der Waals surface area contributed by atoms with Gasteiger partial charge in [0.1, 0.15) is 11.5 Å². The first-order chi connectivity index (χ1) is 15.5. The third kappa shape index (κ3) is 3.13. The number of nitrogens with zero attached hydrogens (tertiary/aromatic N) is 4. The summed E-state index contributed by atoms with van der Waals surface area (Å²) < 4.78 is 0. The Morgan fingerprint density at radius 2 is 1.69 bits per heavy atom.